The summed E-state index contributed by atoms with van der Waals surface area (Å²) >= 11 is 0. The van der Waals surface area contributed by atoms with Crippen LogP contribution in [0.3, 0.4) is 0 Å². The molecule has 1 aliphatic rings. The first-order chi connectivity index (χ1) is 15.1. The van der Waals surface area contributed by atoms with Gasteiger partial charge >= 0.3 is 0 Å². The standard InChI is InChI=1S/C26H34N2O3/c1-5-11-19-16-21(17-24(30-3)25(19)31-4)26(29)27-23-15-10-9-12-20(23)18-28(2)22-13-7-6-8-14-22/h5,9-10,12,15-17,22H,1,6-8,11,13-14,18H2,2-4H3,(H,27,29). The van der Waals surface area contributed by atoms with Gasteiger partial charge in [-0.2, -0.15) is 0 Å². The fourth-order valence-electron chi connectivity index (χ4n) is 4.38. The lowest BCUT2D eigenvalue weighted by molar-refractivity contribution is 0.102. The van der Waals surface area contributed by atoms with Gasteiger partial charge in [0, 0.05) is 29.4 Å². The number of hydrogen-bond donors (Lipinski definition) is 1. The molecule has 0 saturated heterocycles. The topological polar surface area (TPSA) is 50.8 Å². The first kappa shape index (κ1) is 22.9. The van der Waals surface area contributed by atoms with E-state index in [9.17, 15) is 4.79 Å². The van der Waals surface area contributed by atoms with Crippen LogP contribution in [0.15, 0.2) is 49.1 Å². The van der Waals surface area contributed by atoms with Crippen molar-refractivity contribution in [3.63, 3.8) is 0 Å². The highest BCUT2D eigenvalue weighted by atomic mass is 16.5. The zero-order valence-electron chi connectivity index (χ0n) is 18.9. The Bertz CT molecular complexity index is 904. The SMILES string of the molecule is C=CCc1cc(C(=O)Nc2ccccc2CN(C)C2CCCCC2)cc(OC)c1OC. The summed E-state index contributed by atoms with van der Waals surface area (Å²) in [6.45, 7) is 4.62. The van der Waals surface area contributed by atoms with Crippen LogP contribution in [0.5, 0.6) is 11.5 Å². The molecule has 3 rings (SSSR count). The van der Waals surface area contributed by atoms with Crippen molar-refractivity contribution in [2.45, 2.75) is 51.1 Å². The average Bonchev–Trinajstić information content (AvgIpc) is 2.80. The van der Waals surface area contributed by atoms with Crippen molar-refractivity contribution >= 4 is 11.6 Å². The van der Waals surface area contributed by atoms with Gasteiger partial charge in [-0.15, -0.1) is 6.58 Å². The second-order valence-electron chi connectivity index (χ2n) is 8.18. The number of nitrogens with zero attached hydrogens (tertiary/aromatic N) is 1. The Labute approximate surface area is 186 Å². The van der Waals surface area contributed by atoms with E-state index in [2.05, 4.69) is 29.9 Å². The zero-order chi connectivity index (χ0) is 22.2. The lowest BCUT2D eigenvalue weighted by Gasteiger charge is -2.31. The van der Waals surface area contributed by atoms with Crippen molar-refractivity contribution in [2.24, 2.45) is 0 Å². The zero-order valence-corrected chi connectivity index (χ0v) is 18.9. The van der Waals surface area contributed by atoms with Crippen molar-refractivity contribution in [3.05, 3.63) is 65.7 Å². The lowest BCUT2D eigenvalue weighted by atomic mass is 9.94. The summed E-state index contributed by atoms with van der Waals surface area (Å²) in [5.74, 6) is 1.00. The van der Waals surface area contributed by atoms with E-state index in [1.54, 1.807) is 26.4 Å². The van der Waals surface area contributed by atoms with Gasteiger partial charge in [0.2, 0.25) is 0 Å². The Morgan fingerprint density at radius 3 is 2.55 bits per heavy atom. The van der Waals surface area contributed by atoms with Gasteiger partial charge in [0.05, 0.1) is 14.2 Å². The largest absolute Gasteiger partial charge is 0.493 e. The van der Waals surface area contributed by atoms with Crippen LogP contribution in [0, 0.1) is 0 Å². The molecule has 0 bridgehead atoms. The van der Waals surface area contributed by atoms with Gasteiger partial charge in [-0.3, -0.25) is 9.69 Å². The van der Waals surface area contributed by atoms with E-state index in [4.69, 9.17) is 9.47 Å². The number of ether oxygens (including phenoxy) is 2. The number of nitrogens with one attached hydrogen (secondary N) is 1. The quantitative estimate of drug-likeness (QED) is 0.546. The highest BCUT2D eigenvalue weighted by Gasteiger charge is 2.20. The Balaban J connectivity index is 1.80. The minimum Gasteiger partial charge on any atom is -0.493 e. The summed E-state index contributed by atoms with van der Waals surface area (Å²) in [4.78, 5) is 15.6. The maximum absolute atomic E-state index is 13.1. The predicted molar refractivity (Wildman–Crippen MR) is 126 cm³/mol. The maximum Gasteiger partial charge on any atom is 0.255 e. The fraction of sp³-hybridized carbons (Fsp3) is 0.423. The van der Waals surface area contributed by atoms with Gasteiger partial charge in [-0.1, -0.05) is 43.5 Å². The third kappa shape index (κ3) is 5.67. The van der Waals surface area contributed by atoms with Crippen LogP contribution in [0.25, 0.3) is 0 Å². The van der Waals surface area contributed by atoms with Crippen LogP contribution in [-0.4, -0.2) is 38.1 Å². The molecule has 0 radical (unpaired) electrons. The van der Waals surface area contributed by atoms with E-state index < -0.39 is 0 Å². The molecule has 2 aromatic carbocycles. The molecule has 0 aliphatic heterocycles. The number of hydrogen-bond acceptors (Lipinski definition) is 4. The third-order valence-corrected chi connectivity index (χ3v) is 6.07. The summed E-state index contributed by atoms with van der Waals surface area (Å²) in [6.07, 6.45) is 8.83. The van der Waals surface area contributed by atoms with Crippen LogP contribution < -0.4 is 14.8 Å². The monoisotopic (exact) mass is 422 g/mol. The van der Waals surface area contributed by atoms with Crippen LogP contribution in [-0.2, 0) is 13.0 Å². The van der Waals surface area contributed by atoms with Crippen LogP contribution in [0.2, 0.25) is 0 Å². The van der Waals surface area contributed by atoms with Gasteiger partial charge in [0.1, 0.15) is 0 Å². The van der Waals surface area contributed by atoms with Gasteiger partial charge in [0.15, 0.2) is 11.5 Å². The summed E-state index contributed by atoms with van der Waals surface area (Å²) in [6, 6.07) is 12.2. The molecule has 0 aromatic heterocycles. The van der Waals surface area contributed by atoms with Crippen molar-refractivity contribution in [1.29, 1.82) is 0 Å². The Hall–Kier alpha value is -2.79. The van der Waals surface area contributed by atoms with Crippen LogP contribution in [0.1, 0.15) is 53.6 Å². The Morgan fingerprint density at radius 1 is 1.13 bits per heavy atom. The van der Waals surface area contributed by atoms with Crippen molar-refractivity contribution in [1.82, 2.24) is 4.90 Å². The minimum atomic E-state index is -0.168. The lowest BCUT2D eigenvalue weighted by Crippen LogP contribution is -2.33. The molecule has 5 heteroatoms. The first-order valence-electron chi connectivity index (χ1n) is 11.0. The molecular weight excluding hydrogens is 388 g/mol. The fourth-order valence-corrected chi connectivity index (χ4v) is 4.38. The summed E-state index contributed by atoms with van der Waals surface area (Å²) in [5.41, 5.74) is 3.36. The maximum atomic E-state index is 13.1. The highest BCUT2D eigenvalue weighted by Crippen LogP contribution is 2.33. The number of benzene rings is 2. The molecular formula is C26H34N2O3. The van der Waals surface area contributed by atoms with Gasteiger partial charge in [-0.05, 0) is 50.1 Å². The molecule has 5 nitrogen and oxygen atoms in total. The average molecular weight is 423 g/mol. The summed E-state index contributed by atoms with van der Waals surface area (Å²) in [5, 5.41) is 3.11. The molecule has 0 heterocycles. The molecule has 1 N–H and O–H groups in total. The van der Waals surface area contributed by atoms with E-state index in [0.29, 0.717) is 29.5 Å². The number of amides is 1. The van der Waals surface area contributed by atoms with E-state index in [0.717, 1.165) is 23.4 Å². The second kappa shape index (κ2) is 11.0. The number of methoxy groups -OCH3 is 2. The first-order valence-corrected chi connectivity index (χ1v) is 11.0. The number of carbonyl (C=O) groups is 1. The second-order valence-corrected chi connectivity index (χ2v) is 8.18. The van der Waals surface area contributed by atoms with Crippen LogP contribution >= 0.6 is 0 Å². The smallest absolute Gasteiger partial charge is 0.255 e. The third-order valence-electron chi connectivity index (χ3n) is 6.07. The van der Waals surface area contributed by atoms with E-state index in [-0.39, 0.29) is 5.91 Å². The molecule has 166 valence electrons. The molecule has 1 fully saturated rings. The Morgan fingerprint density at radius 2 is 1.87 bits per heavy atom. The molecule has 0 unspecified atom stereocenters. The number of para-hydroxylation sites is 1. The molecule has 2 aromatic rings. The van der Waals surface area contributed by atoms with Crippen molar-refractivity contribution < 1.29 is 14.3 Å². The molecule has 31 heavy (non-hydrogen) atoms. The number of allylic oxidation sites excluding steroid dienone is 1. The number of carbonyl (C=O) groups excluding carboxylic acids is 1. The minimum absolute atomic E-state index is 0.168. The molecule has 0 atom stereocenters. The van der Waals surface area contributed by atoms with Crippen molar-refractivity contribution in [3.8, 4) is 11.5 Å². The number of rotatable bonds is 9. The summed E-state index contributed by atoms with van der Waals surface area (Å²) < 4.78 is 10.9. The normalized spacial score (nSPS) is 14.3. The van der Waals surface area contributed by atoms with E-state index >= 15 is 0 Å². The van der Waals surface area contributed by atoms with E-state index in [1.807, 2.05) is 24.3 Å². The highest BCUT2D eigenvalue weighted by molar-refractivity contribution is 6.05. The number of anilines is 1. The van der Waals surface area contributed by atoms with Crippen molar-refractivity contribution in [2.75, 3.05) is 26.6 Å². The van der Waals surface area contributed by atoms with Gasteiger partial charge in [0.25, 0.3) is 5.91 Å². The molecule has 1 saturated carbocycles. The molecule has 0 spiro atoms. The van der Waals surface area contributed by atoms with Crippen LogP contribution in [0.4, 0.5) is 5.69 Å². The predicted octanol–water partition coefficient (Wildman–Crippen LogP) is 5.45. The summed E-state index contributed by atoms with van der Waals surface area (Å²) in [7, 11) is 5.36. The van der Waals surface area contributed by atoms with Gasteiger partial charge < -0.3 is 14.8 Å². The molecule has 1 aliphatic carbocycles. The molecule has 1 amide bonds. The Kier molecular flexibility index (Phi) is 8.13. The van der Waals surface area contributed by atoms with E-state index in [1.165, 1.54) is 32.1 Å². The van der Waals surface area contributed by atoms with Gasteiger partial charge in [-0.25, -0.2) is 0 Å².